The molecule has 2 rings (SSSR count). The highest BCUT2D eigenvalue weighted by molar-refractivity contribution is 7.99. The first-order chi connectivity index (χ1) is 10.2. The van der Waals surface area contributed by atoms with Gasteiger partial charge in [-0.15, -0.1) is 10.2 Å². The van der Waals surface area contributed by atoms with Crippen LogP contribution in [0.15, 0.2) is 35.5 Å². The van der Waals surface area contributed by atoms with Gasteiger partial charge < -0.3 is 5.11 Å². The number of aryl methyl sites for hydroxylation is 1. The number of benzene rings is 1. The van der Waals surface area contributed by atoms with Gasteiger partial charge in [0.05, 0.1) is 5.75 Å². The Hall–Kier alpha value is -1.82. The van der Waals surface area contributed by atoms with Gasteiger partial charge in [0.15, 0.2) is 5.16 Å². The summed E-state index contributed by atoms with van der Waals surface area (Å²) in [4.78, 5) is 10.8. The summed E-state index contributed by atoms with van der Waals surface area (Å²) in [5.41, 5.74) is 0.974. The molecule has 0 aliphatic rings. The Morgan fingerprint density at radius 3 is 2.67 bits per heavy atom. The van der Waals surface area contributed by atoms with Gasteiger partial charge >= 0.3 is 5.97 Å². The maximum atomic E-state index is 10.8. The maximum absolute atomic E-state index is 10.8. The average molecular weight is 305 g/mol. The van der Waals surface area contributed by atoms with Crippen LogP contribution in [-0.2, 0) is 11.2 Å². The lowest BCUT2D eigenvalue weighted by Crippen LogP contribution is -2.05. The van der Waals surface area contributed by atoms with Gasteiger partial charge in [0.2, 0.25) is 0 Å². The molecular formula is C15H19N3O2S. The van der Waals surface area contributed by atoms with Gasteiger partial charge in [-0.25, -0.2) is 0 Å². The zero-order chi connectivity index (χ0) is 15.1. The summed E-state index contributed by atoms with van der Waals surface area (Å²) in [6.07, 6.45) is 4.22. The molecule has 0 saturated heterocycles. The number of para-hydroxylation sites is 1. The first kappa shape index (κ1) is 15.6. The largest absolute Gasteiger partial charge is 0.481 e. The second-order valence-corrected chi connectivity index (χ2v) is 5.65. The molecule has 2 aromatic rings. The van der Waals surface area contributed by atoms with Crippen molar-refractivity contribution in [3.8, 4) is 5.69 Å². The normalized spacial score (nSPS) is 10.7. The molecule has 0 saturated carbocycles. The number of carboxylic acids is 1. The van der Waals surface area contributed by atoms with Crippen molar-refractivity contribution >= 4 is 17.7 Å². The Morgan fingerprint density at radius 1 is 1.24 bits per heavy atom. The molecule has 0 unspecified atom stereocenters. The number of aliphatic carboxylic acids is 1. The molecule has 6 heteroatoms. The van der Waals surface area contributed by atoms with E-state index in [9.17, 15) is 4.79 Å². The highest BCUT2D eigenvalue weighted by Gasteiger charge is 2.15. The van der Waals surface area contributed by atoms with E-state index in [-0.39, 0.29) is 5.75 Å². The fourth-order valence-electron chi connectivity index (χ4n) is 2.05. The van der Waals surface area contributed by atoms with E-state index in [1.54, 1.807) is 0 Å². The van der Waals surface area contributed by atoms with Crippen LogP contribution in [-0.4, -0.2) is 31.6 Å². The highest BCUT2D eigenvalue weighted by Crippen LogP contribution is 2.22. The minimum absolute atomic E-state index is 0.0140. The quantitative estimate of drug-likeness (QED) is 0.599. The van der Waals surface area contributed by atoms with Gasteiger partial charge in [0.1, 0.15) is 5.82 Å². The van der Waals surface area contributed by atoms with Crippen molar-refractivity contribution in [2.45, 2.75) is 37.8 Å². The molecule has 1 N–H and O–H groups in total. The van der Waals surface area contributed by atoms with E-state index >= 15 is 0 Å². The summed E-state index contributed by atoms with van der Waals surface area (Å²) in [5, 5.41) is 17.9. The van der Waals surface area contributed by atoms with Crippen molar-refractivity contribution in [3.63, 3.8) is 0 Å². The fourth-order valence-corrected chi connectivity index (χ4v) is 2.74. The maximum Gasteiger partial charge on any atom is 0.313 e. The van der Waals surface area contributed by atoms with Crippen molar-refractivity contribution < 1.29 is 9.90 Å². The first-order valence-corrected chi connectivity index (χ1v) is 8.05. The standard InChI is InChI=1S/C15H19N3O2S/c1-2-3-5-10-13-16-17-15(21-11-14(19)20)18(13)12-8-6-4-7-9-12/h4,6-9H,2-3,5,10-11H2,1H3,(H,19,20). The number of carbonyl (C=O) groups is 1. The number of carboxylic acid groups (broad SMARTS) is 1. The minimum Gasteiger partial charge on any atom is -0.481 e. The molecule has 0 bridgehead atoms. The third kappa shape index (κ3) is 4.32. The van der Waals surface area contributed by atoms with Crippen LogP contribution in [0.4, 0.5) is 0 Å². The van der Waals surface area contributed by atoms with Gasteiger partial charge in [0, 0.05) is 12.1 Å². The van der Waals surface area contributed by atoms with E-state index in [0.29, 0.717) is 5.16 Å². The van der Waals surface area contributed by atoms with Gasteiger partial charge in [-0.2, -0.15) is 0 Å². The van der Waals surface area contributed by atoms with Crippen LogP contribution in [0.3, 0.4) is 0 Å². The van der Waals surface area contributed by atoms with Crippen LogP contribution in [0.2, 0.25) is 0 Å². The Kier molecular flexibility index (Phi) is 5.80. The van der Waals surface area contributed by atoms with Gasteiger partial charge in [-0.1, -0.05) is 49.7 Å². The van der Waals surface area contributed by atoms with Crippen LogP contribution in [0, 0.1) is 0 Å². The molecule has 21 heavy (non-hydrogen) atoms. The zero-order valence-electron chi connectivity index (χ0n) is 12.0. The summed E-state index contributed by atoms with van der Waals surface area (Å²) in [6.45, 7) is 2.16. The number of thioether (sulfide) groups is 1. The SMILES string of the molecule is CCCCCc1nnc(SCC(=O)O)n1-c1ccccc1. The number of unbranched alkanes of at least 4 members (excludes halogenated alkanes) is 2. The monoisotopic (exact) mass is 305 g/mol. The lowest BCUT2D eigenvalue weighted by atomic mass is 10.2. The van der Waals surface area contributed by atoms with Crippen molar-refractivity contribution in [2.75, 3.05) is 5.75 Å². The van der Waals surface area contributed by atoms with Gasteiger partial charge in [0.25, 0.3) is 0 Å². The predicted molar refractivity (Wildman–Crippen MR) is 82.9 cm³/mol. The van der Waals surface area contributed by atoms with E-state index in [1.165, 1.54) is 11.8 Å². The first-order valence-electron chi connectivity index (χ1n) is 7.06. The second-order valence-electron chi connectivity index (χ2n) is 4.71. The Bertz CT molecular complexity index is 584. The summed E-state index contributed by atoms with van der Waals surface area (Å²) in [6, 6.07) is 9.83. The van der Waals surface area contributed by atoms with E-state index < -0.39 is 5.97 Å². The summed E-state index contributed by atoms with van der Waals surface area (Å²) in [7, 11) is 0. The molecule has 0 fully saturated rings. The zero-order valence-corrected chi connectivity index (χ0v) is 12.8. The lowest BCUT2D eigenvalue weighted by molar-refractivity contribution is -0.133. The smallest absolute Gasteiger partial charge is 0.313 e. The van der Waals surface area contributed by atoms with Gasteiger partial charge in [-0.3, -0.25) is 9.36 Å². The molecule has 5 nitrogen and oxygen atoms in total. The topological polar surface area (TPSA) is 68.0 Å². The van der Waals surface area contributed by atoms with Crippen LogP contribution in [0.25, 0.3) is 5.69 Å². The molecule has 1 aromatic heterocycles. The molecule has 0 aliphatic heterocycles. The van der Waals surface area contributed by atoms with Crippen molar-refractivity contribution in [1.82, 2.24) is 14.8 Å². The number of hydrogen-bond acceptors (Lipinski definition) is 4. The van der Waals surface area contributed by atoms with Crippen LogP contribution in [0.1, 0.15) is 32.0 Å². The lowest BCUT2D eigenvalue weighted by Gasteiger charge is -2.09. The number of nitrogens with zero attached hydrogens (tertiary/aromatic N) is 3. The van der Waals surface area contributed by atoms with Crippen molar-refractivity contribution in [3.05, 3.63) is 36.2 Å². The third-order valence-corrected chi connectivity index (χ3v) is 3.96. The van der Waals surface area contributed by atoms with E-state index in [0.717, 1.165) is 37.2 Å². The number of hydrogen-bond donors (Lipinski definition) is 1. The average Bonchev–Trinajstić information content (AvgIpc) is 2.89. The summed E-state index contributed by atoms with van der Waals surface area (Å²) in [5.74, 6) is 0.0256. The molecule has 0 amide bonds. The minimum atomic E-state index is -0.852. The van der Waals surface area contributed by atoms with Gasteiger partial charge in [-0.05, 0) is 18.6 Å². The molecule has 112 valence electrons. The summed E-state index contributed by atoms with van der Waals surface area (Å²) < 4.78 is 1.96. The number of rotatable bonds is 8. The third-order valence-electron chi connectivity index (χ3n) is 3.04. The van der Waals surface area contributed by atoms with Crippen LogP contribution < -0.4 is 0 Å². The van der Waals surface area contributed by atoms with Crippen LogP contribution in [0.5, 0.6) is 0 Å². The molecule has 0 spiro atoms. The van der Waals surface area contributed by atoms with Crippen LogP contribution >= 0.6 is 11.8 Å². The molecule has 0 aliphatic carbocycles. The molecule has 1 heterocycles. The van der Waals surface area contributed by atoms with E-state index in [1.807, 2.05) is 34.9 Å². The second kappa shape index (κ2) is 7.83. The van der Waals surface area contributed by atoms with Crippen molar-refractivity contribution in [1.29, 1.82) is 0 Å². The van der Waals surface area contributed by atoms with Crippen molar-refractivity contribution in [2.24, 2.45) is 0 Å². The summed E-state index contributed by atoms with van der Waals surface area (Å²) >= 11 is 1.20. The van der Waals surface area contributed by atoms with E-state index in [2.05, 4.69) is 17.1 Å². The fraction of sp³-hybridized carbons (Fsp3) is 0.400. The highest BCUT2D eigenvalue weighted by atomic mass is 32.2. The molecule has 0 radical (unpaired) electrons. The Morgan fingerprint density at radius 2 is 2.00 bits per heavy atom. The molecule has 0 atom stereocenters. The number of aromatic nitrogens is 3. The van der Waals surface area contributed by atoms with E-state index in [4.69, 9.17) is 5.11 Å². The molecular weight excluding hydrogens is 286 g/mol. The Balaban J connectivity index is 2.26. The Labute approximate surface area is 128 Å². The molecule has 1 aromatic carbocycles. The predicted octanol–water partition coefficient (Wildman–Crippen LogP) is 3.18.